The van der Waals surface area contributed by atoms with E-state index in [1.165, 1.54) is 12.8 Å². The van der Waals surface area contributed by atoms with Crippen molar-refractivity contribution in [1.29, 1.82) is 0 Å². The smallest absolute Gasteiger partial charge is 0.238 e. The molecule has 2 aromatic carbocycles. The first-order valence-corrected chi connectivity index (χ1v) is 13.7. The van der Waals surface area contributed by atoms with Gasteiger partial charge in [-0.25, -0.2) is 13.6 Å². The lowest BCUT2D eigenvalue weighted by Gasteiger charge is -2.17. The number of primary sulfonamides is 1. The van der Waals surface area contributed by atoms with E-state index in [4.69, 9.17) is 15.6 Å². The maximum Gasteiger partial charge on any atom is 0.238 e. The van der Waals surface area contributed by atoms with E-state index in [1.54, 1.807) is 6.07 Å². The van der Waals surface area contributed by atoms with Gasteiger partial charge in [-0.3, -0.25) is 0 Å². The van der Waals surface area contributed by atoms with E-state index in [1.807, 2.05) is 36.4 Å². The lowest BCUT2D eigenvalue weighted by molar-refractivity contribution is 0.305. The predicted molar refractivity (Wildman–Crippen MR) is 138 cm³/mol. The molecule has 186 valence electrons. The second-order valence-electron chi connectivity index (χ2n) is 8.15. The van der Waals surface area contributed by atoms with Gasteiger partial charge in [0.25, 0.3) is 0 Å². The highest BCUT2D eigenvalue weighted by Crippen LogP contribution is 2.30. The molecule has 7 heteroatoms. The summed E-state index contributed by atoms with van der Waals surface area (Å²) in [5.41, 5.74) is 7.65. The molecule has 2 aromatic rings. The molecule has 0 heterocycles. The summed E-state index contributed by atoms with van der Waals surface area (Å²) < 4.78 is 30.7. The Bertz CT molecular complexity index is 885. The average molecular weight is 478 g/mol. The number of benzene rings is 2. The summed E-state index contributed by atoms with van der Waals surface area (Å²) in [6.07, 6.45) is 6.95. The second kappa shape index (κ2) is 16.6. The third kappa shape index (κ3) is 11.7. The van der Waals surface area contributed by atoms with E-state index in [0.717, 1.165) is 49.9 Å². The molecule has 0 fully saturated rings. The fourth-order valence-corrected chi connectivity index (χ4v) is 4.03. The van der Waals surface area contributed by atoms with E-state index in [-0.39, 0.29) is 4.90 Å². The summed E-state index contributed by atoms with van der Waals surface area (Å²) in [7, 11) is -3.87. The van der Waals surface area contributed by atoms with Crippen LogP contribution in [0.2, 0.25) is 0 Å². The quantitative estimate of drug-likeness (QED) is 0.341. The van der Waals surface area contributed by atoms with Crippen molar-refractivity contribution in [3.8, 4) is 5.75 Å². The number of sulfonamides is 1. The number of rotatable bonds is 14. The Morgan fingerprint density at radius 2 is 1.58 bits per heavy atom. The van der Waals surface area contributed by atoms with Gasteiger partial charge >= 0.3 is 0 Å². The van der Waals surface area contributed by atoms with E-state index >= 15 is 0 Å². The molecule has 33 heavy (non-hydrogen) atoms. The van der Waals surface area contributed by atoms with Crippen molar-refractivity contribution in [3.05, 3.63) is 59.2 Å². The number of unbranched alkanes of at least 4 members (excludes halogenated alkanes) is 3. The third-order valence-corrected chi connectivity index (χ3v) is 6.08. The van der Waals surface area contributed by atoms with Crippen LogP contribution < -0.4 is 20.9 Å². The zero-order valence-electron chi connectivity index (χ0n) is 20.6. The Morgan fingerprint density at radius 1 is 0.909 bits per heavy atom. The van der Waals surface area contributed by atoms with Gasteiger partial charge in [-0.15, -0.1) is 0 Å². The maximum atomic E-state index is 12.4. The minimum absolute atomic E-state index is 0.151. The van der Waals surface area contributed by atoms with Crippen molar-refractivity contribution in [2.75, 3.05) is 19.7 Å². The zero-order chi connectivity index (χ0) is 24.5. The highest BCUT2D eigenvalue weighted by molar-refractivity contribution is 7.89. The molecule has 0 atom stereocenters. The third-order valence-electron chi connectivity index (χ3n) is 5.11. The number of ether oxygens (including phenoxy) is 1. The molecule has 0 saturated carbocycles. The normalized spacial score (nSPS) is 11.1. The summed E-state index contributed by atoms with van der Waals surface area (Å²) in [5, 5.41) is 8.93. The molecule has 0 amide bonds. The van der Waals surface area contributed by atoms with E-state index in [0.29, 0.717) is 30.9 Å². The van der Waals surface area contributed by atoms with Crippen LogP contribution in [0.4, 0.5) is 0 Å². The number of hydrogen-bond donors (Lipinski definition) is 3. The fourth-order valence-electron chi connectivity index (χ4n) is 3.20. The van der Waals surface area contributed by atoms with Crippen molar-refractivity contribution in [2.24, 2.45) is 10.9 Å². The highest BCUT2D eigenvalue weighted by atomic mass is 32.2. The molecule has 0 unspecified atom stereocenters. The molecule has 0 aliphatic rings. The topological polar surface area (TPSA) is 107 Å². The molecular formula is C26H43N3O3S. The Hall–Kier alpha value is -1.93. The SMILES string of the molecule is CCCCN.CCCCNCc1cc(OCCCC)c(Cc2ccccc2)c(S(N)(=O)=O)c1. The van der Waals surface area contributed by atoms with Crippen molar-refractivity contribution < 1.29 is 13.2 Å². The number of nitrogens with two attached hydrogens (primary N) is 2. The minimum Gasteiger partial charge on any atom is -0.493 e. The van der Waals surface area contributed by atoms with Gasteiger partial charge in [0.1, 0.15) is 5.75 Å². The highest BCUT2D eigenvalue weighted by Gasteiger charge is 2.20. The second-order valence-corrected chi connectivity index (χ2v) is 9.68. The first-order chi connectivity index (χ1) is 15.9. The van der Waals surface area contributed by atoms with Crippen LogP contribution in [-0.2, 0) is 23.0 Å². The molecular weight excluding hydrogens is 434 g/mol. The summed E-state index contributed by atoms with van der Waals surface area (Å²) in [5.74, 6) is 0.608. The largest absolute Gasteiger partial charge is 0.493 e. The summed E-state index contributed by atoms with van der Waals surface area (Å²) >= 11 is 0. The molecule has 5 N–H and O–H groups in total. The zero-order valence-corrected chi connectivity index (χ0v) is 21.4. The summed E-state index contributed by atoms with van der Waals surface area (Å²) in [6, 6.07) is 13.4. The lowest BCUT2D eigenvalue weighted by Crippen LogP contribution is -2.19. The van der Waals surface area contributed by atoms with Crippen LogP contribution in [0.5, 0.6) is 5.75 Å². The molecule has 6 nitrogen and oxygen atoms in total. The molecule has 0 saturated heterocycles. The van der Waals surface area contributed by atoms with Crippen molar-refractivity contribution in [2.45, 2.75) is 77.2 Å². The molecule has 0 spiro atoms. The van der Waals surface area contributed by atoms with Crippen molar-refractivity contribution in [1.82, 2.24) is 5.32 Å². The predicted octanol–water partition coefficient (Wildman–Crippen LogP) is 4.74. The molecule has 0 bridgehead atoms. The summed E-state index contributed by atoms with van der Waals surface area (Å²) in [6.45, 7) is 9.23. The van der Waals surface area contributed by atoms with Crippen LogP contribution in [0, 0.1) is 0 Å². The van der Waals surface area contributed by atoms with Crippen LogP contribution in [-0.4, -0.2) is 28.1 Å². The van der Waals surface area contributed by atoms with Crippen LogP contribution in [0.25, 0.3) is 0 Å². The molecule has 0 aromatic heterocycles. The standard InChI is InChI=1S/C22H32N2O3S.C4H11N/c1-3-5-12-24-17-19-15-21(27-13-6-4-2)20(22(16-19)28(23,25)26)14-18-10-8-7-9-11-18;1-2-3-4-5/h7-11,15-16,24H,3-6,12-14,17H2,1-2H3,(H2,23,25,26);2-5H2,1H3. The van der Waals surface area contributed by atoms with Gasteiger partial charge in [-0.2, -0.15) is 0 Å². The van der Waals surface area contributed by atoms with E-state index < -0.39 is 10.0 Å². The van der Waals surface area contributed by atoms with Crippen LogP contribution in [0.3, 0.4) is 0 Å². The Balaban J connectivity index is 0.000000981. The average Bonchev–Trinajstić information content (AvgIpc) is 2.79. The van der Waals surface area contributed by atoms with E-state index in [2.05, 4.69) is 26.1 Å². The van der Waals surface area contributed by atoms with Crippen LogP contribution >= 0.6 is 0 Å². The molecule has 0 aliphatic heterocycles. The first kappa shape index (κ1) is 29.1. The van der Waals surface area contributed by atoms with Gasteiger partial charge in [-0.1, -0.05) is 70.4 Å². The van der Waals surface area contributed by atoms with E-state index in [9.17, 15) is 8.42 Å². The van der Waals surface area contributed by atoms with Crippen LogP contribution in [0.15, 0.2) is 47.4 Å². The van der Waals surface area contributed by atoms with Crippen LogP contribution in [0.1, 0.15) is 76.0 Å². The Morgan fingerprint density at radius 3 is 2.12 bits per heavy atom. The van der Waals surface area contributed by atoms with Gasteiger partial charge in [0.2, 0.25) is 10.0 Å². The molecule has 2 rings (SSSR count). The summed E-state index contributed by atoms with van der Waals surface area (Å²) in [4.78, 5) is 0.151. The molecule has 0 radical (unpaired) electrons. The van der Waals surface area contributed by atoms with Gasteiger partial charge in [0.05, 0.1) is 11.5 Å². The van der Waals surface area contributed by atoms with Gasteiger partial charge in [0.15, 0.2) is 0 Å². The van der Waals surface area contributed by atoms with Gasteiger partial charge in [-0.05, 0) is 55.6 Å². The minimum atomic E-state index is -3.87. The van der Waals surface area contributed by atoms with Crippen molar-refractivity contribution >= 4 is 10.0 Å². The first-order valence-electron chi connectivity index (χ1n) is 12.1. The monoisotopic (exact) mass is 477 g/mol. The van der Waals surface area contributed by atoms with Gasteiger partial charge in [0, 0.05) is 18.5 Å². The van der Waals surface area contributed by atoms with Gasteiger partial charge < -0.3 is 15.8 Å². The Kier molecular flexibility index (Phi) is 14.7. The number of nitrogens with one attached hydrogen (secondary N) is 1. The lowest BCUT2D eigenvalue weighted by atomic mass is 10.0. The fraction of sp³-hybridized carbons (Fsp3) is 0.538. The number of hydrogen-bond acceptors (Lipinski definition) is 5. The Labute approximate surface area is 201 Å². The molecule has 0 aliphatic carbocycles. The maximum absolute atomic E-state index is 12.4. The van der Waals surface area contributed by atoms with Crippen molar-refractivity contribution in [3.63, 3.8) is 0 Å².